The van der Waals surface area contributed by atoms with E-state index in [9.17, 15) is 0 Å². The summed E-state index contributed by atoms with van der Waals surface area (Å²) in [7, 11) is 0. The van der Waals surface area contributed by atoms with Gasteiger partial charge in [-0.2, -0.15) is 0 Å². The Balaban J connectivity index is 2.68. The molecule has 2 N–H and O–H groups in total. The first kappa shape index (κ1) is 10.9. The van der Waals surface area contributed by atoms with Gasteiger partial charge in [0.05, 0.1) is 18.0 Å². The Labute approximate surface area is 84.5 Å². The lowest BCUT2D eigenvalue weighted by Gasteiger charge is -2.09. The zero-order valence-corrected chi connectivity index (χ0v) is 8.90. The largest absolute Gasteiger partial charge is 0.474 e. The van der Waals surface area contributed by atoms with E-state index in [0.717, 1.165) is 12.1 Å². The van der Waals surface area contributed by atoms with E-state index in [2.05, 4.69) is 9.97 Å². The van der Waals surface area contributed by atoms with Gasteiger partial charge >= 0.3 is 0 Å². The number of ether oxygens (including phenoxy) is 1. The van der Waals surface area contributed by atoms with Gasteiger partial charge in [0, 0.05) is 18.7 Å². The number of hydrogen-bond acceptors (Lipinski definition) is 4. The SMILES string of the molecule is CC(N)Cc1cncc(OC(C)C)n1. The summed E-state index contributed by atoms with van der Waals surface area (Å²) >= 11 is 0. The second-order valence-electron chi connectivity index (χ2n) is 3.70. The molecule has 0 aromatic carbocycles. The van der Waals surface area contributed by atoms with E-state index < -0.39 is 0 Å². The predicted molar refractivity (Wildman–Crippen MR) is 55.1 cm³/mol. The highest BCUT2D eigenvalue weighted by Gasteiger charge is 2.03. The number of hydrogen-bond donors (Lipinski definition) is 1. The van der Waals surface area contributed by atoms with E-state index in [-0.39, 0.29) is 12.1 Å². The molecule has 4 heteroatoms. The van der Waals surface area contributed by atoms with Crippen LogP contribution in [0.4, 0.5) is 0 Å². The van der Waals surface area contributed by atoms with E-state index in [1.807, 2.05) is 20.8 Å². The molecule has 14 heavy (non-hydrogen) atoms. The van der Waals surface area contributed by atoms with Crippen LogP contribution in [0.3, 0.4) is 0 Å². The Morgan fingerprint density at radius 2 is 2.07 bits per heavy atom. The molecule has 0 fully saturated rings. The molecule has 4 nitrogen and oxygen atoms in total. The van der Waals surface area contributed by atoms with Gasteiger partial charge in [0.15, 0.2) is 0 Å². The van der Waals surface area contributed by atoms with Crippen molar-refractivity contribution in [1.82, 2.24) is 9.97 Å². The van der Waals surface area contributed by atoms with Crippen molar-refractivity contribution in [1.29, 1.82) is 0 Å². The highest BCUT2D eigenvalue weighted by molar-refractivity contribution is 5.09. The Bertz CT molecular complexity index is 261. The van der Waals surface area contributed by atoms with Gasteiger partial charge in [-0.05, 0) is 20.8 Å². The molecular formula is C10H17N3O. The standard InChI is InChI=1S/C10H17N3O/c1-7(2)14-10-6-12-5-9(13-10)4-8(3)11/h5-8H,4,11H2,1-3H3. The van der Waals surface area contributed by atoms with E-state index in [4.69, 9.17) is 10.5 Å². The second kappa shape index (κ2) is 4.91. The van der Waals surface area contributed by atoms with Gasteiger partial charge in [-0.25, -0.2) is 4.98 Å². The lowest BCUT2D eigenvalue weighted by Crippen LogP contribution is -2.19. The van der Waals surface area contributed by atoms with Crippen molar-refractivity contribution in [3.63, 3.8) is 0 Å². The smallest absolute Gasteiger partial charge is 0.232 e. The van der Waals surface area contributed by atoms with Crippen molar-refractivity contribution in [2.75, 3.05) is 0 Å². The van der Waals surface area contributed by atoms with Crippen molar-refractivity contribution >= 4 is 0 Å². The van der Waals surface area contributed by atoms with Crippen molar-refractivity contribution in [2.24, 2.45) is 5.73 Å². The molecule has 1 heterocycles. The van der Waals surface area contributed by atoms with Gasteiger partial charge in [-0.1, -0.05) is 0 Å². The summed E-state index contributed by atoms with van der Waals surface area (Å²) in [6.45, 7) is 5.86. The molecule has 1 aromatic rings. The highest BCUT2D eigenvalue weighted by atomic mass is 16.5. The summed E-state index contributed by atoms with van der Waals surface area (Å²) in [4.78, 5) is 8.34. The average molecular weight is 195 g/mol. The molecule has 78 valence electrons. The minimum absolute atomic E-state index is 0.0959. The third-order valence-electron chi connectivity index (χ3n) is 1.55. The summed E-state index contributed by atoms with van der Waals surface area (Å²) in [5.74, 6) is 0.568. The second-order valence-corrected chi connectivity index (χ2v) is 3.70. The molecule has 1 aromatic heterocycles. The minimum Gasteiger partial charge on any atom is -0.474 e. The topological polar surface area (TPSA) is 61.0 Å². The fraction of sp³-hybridized carbons (Fsp3) is 0.600. The van der Waals surface area contributed by atoms with Gasteiger partial charge in [0.2, 0.25) is 5.88 Å². The molecule has 0 radical (unpaired) electrons. The van der Waals surface area contributed by atoms with Gasteiger partial charge in [-0.3, -0.25) is 4.98 Å². The fourth-order valence-electron chi connectivity index (χ4n) is 1.11. The van der Waals surface area contributed by atoms with Crippen LogP contribution in [-0.4, -0.2) is 22.1 Å². The maximum Gasteiger partial charge on any atom is 0.232 e. The van der Waals surface area contributed by atoms with E-state index in [0.29, 0.717) is 5.88 Å². The molecule has 0 amide bonds. The molecule has 0 saturated carbocycles. The Hall–Kier alpha value is -1.16. The van der Waals surface area contributed by atoms with Crippen molar-refractivity contribution < 1.29 is 4.74 Å². The average Bonchev–Trinajstić information content (AvgIpc) is 2.01. The van der Waals surface area contributed by atoms with Crippen LogP contribution in [0.2, 0.25) is 0 Å². The molecule has 0 bridgehead atoms. The number of rotatable bonds is 4. The fourth-order valence-corrected chi connectivity index (χ4v) is 1.11. The zero-order chi connectivity index (χ0) is 10.6. The van der Waals surface area contributed by atoms with Crippen LogP contribution in [0, 0.1) is 0 Å². The van der Waals surface area contributed by atoms with E-state index in [1.54, 1.807) is 12.4 Å². The maximum atomic E-state index is 5.67. The third kappa shape index (κ3) is 3.70. The van der Waals surface area contributed by atoms with Crippen molar-refractivity contribution in [3.8, 4) is 5.88 Å². The van der Waals surface area contributed by atoms with Crippen molar-refractivity contribution in [2.45, 2.75) is 39.3 Å². The van der Waals surface area contributed by atoms with Crippen LogP contribution in [0.1, 0.15) is 26.5 Å². The molecule has 0 spiro atoms. The lowest BCUT2D eigenvalue weighted by molar-refractivity contribution is 0.231. The van der Waals surface area contributed by atoms with Gasteiger partial charge in [-0.15, -0.1) is 0 Å². The first-order chi connectivity index (χ1) is 6.58. The molecule has 0 aliphatic rings. The highest BCUT2D eigenvalue weighted by Crippen LogP contribution is 2.08. The van der Waals surface area contributed by atoms with E-state index >= 15 is 0 Å². The molecule has 1 unspecified atom stereocenters. The summed E-state index contributed by atoms with van der Waals surface area (Å²) in [5, 5.41) is 0. The molecule has 1 atom stereocenters. The first-order valence-corrected chi connectivity index (χ1v) is 4.81. The third-order valence-corrected chi connectivity index (χ3v) is 1.55. The minimum atomic E-state index is 0.0959. The maximum absolute atomic E-state index is 5.67. The van der Waals surface area contributed by atoms with Gasteiger partial charge in [0.1, 0.15) is 0 Å². The van der Waals surface area contributed by atoms with Gasteiger partial charge < -0.3 is 10.5 Å². The summed E-state index contributed by atoms with van der Waals surface area (Å²) < 4.78 is 5.42. The number of nitrogens with two attached hydrogens (primary N) is 1. The summed E-state index contributed by atoms with van der Waals surface area (Å²) in [5.41, 5.74) is 6.54. The van der Waals surface area contributed by atoms with Crippen LogP contribution < -0.4 is 10.5 Å². The van der Waals surface area contributed by atoms with Gasteiger partial charge in [0.25, 0.3) is 0 Å². The molecule has 0 aliphatic heterocycles. The Kier molecular flexibility index (Phi) is 3.83. The number of nitrogens with zero attached hydrogens (tertiary/aromatic N) is 2. The molecule has 0 saturated heterocycles. The van der Waals surface area contributed by atoms with Crippen LogP contribution in [-0.2, 0) is 6.42 Å². The monoisotopic (exact) mass is 195 g/mol. The number of aromatic nitrogens is 2. The van der Waals surface area contributed by atoms with Crippen LogP contribution in [0.5, 0.6) is 5.88 Å². The molecule has 0 aliphatic carbocycles. The Morgan fingerprint density at radius 3 is 2.64 bits per heavy atom. The predicted octanol–water partition coefficient (Wildman–Crippen LogP) is 1.15. The molecule has 1 rings (SSSR count). The van der Waals surface area contributed by atoms with Crippen LogP contribution in [0.25, 0.3) is 0 Å². The lowest BCUT2D eigenvalue weighted by atomic mass is 10.2. The van der Waals surface area contributed by atoms with E-state index in [1.165, 1.54) is 0 Å². The normalized spacial score (nSPS) is 12.9. The van der Waals surface area contributed by atoms with Crippen molar-refractivity contribution in [3.05, 3.63) is 18.1 Å². The molecular weight excluding hydrogens is 178 g/mol. The quantitative estimate of drug-likeness (QED) is 0.783. The van der Waals surface area contributed by atoms with Crippen LogP contribution >= 0.6 is 0 Å². The summed E-state index contributed by atoms with van der Waals surface area (Å²) in [6, 6.07) is 0.0959. The summed E-state index contributed by atoms with van der Waals surface area (Å²) in [6.07, 6.45) is 4.18. The van der Waals surface area contributed by atoms with Crippen LogP contribution in [0.15, 0.2) is 12.4 Å². The Morgan fingerprint density at radius 1 is 1.36 bits per heavy atom. The zero-order valence-electron chi connectivity index (χ0n) is 8.90. The first-order valence-electron chi connectivity index (χ1n) is 4.81.